The summed E-state index contributed by atoms with van der Waals surface area (Å²) in [6, 6.07) is 2.14. The molecule has 0 aliphatic heterocycles. The summed E-state index contributed by atoms with van der Waals surface area (Å²) in [6.45, 7) is 0. The van der Waals surface area contributed by atoms with Crippen LogP contribution < -0.4 is 4.74 Å². The first-order valence-electron chi connectivity index (χ1n) is 4.35. The number of rotatable bonds is 3. The van der Waals surface area contributed by atoms with Crippen LogP contribution in [0.5, 0.6) is 5.75 Å². The van der Waals surface area contributed by atoms with Gasteiger partial charge in [-0.05, 0) is 18.2 Å². The normalized spacial score (nSPS) is 11.7. The molecular weight excluding hydrogens is 247 g/mol. The average Bonchev–Trinajstić information content (AvgIpc) is 2.25. The third-order valence-electron chi connectivity index (χ3n) is 2.00. The Morgan fingerprint density at radius 3 is 2.29 bits per heavy atom. The number of halogens is 5. The molecule has 0 amide bonds. The van der Waals surface area contributed by atoms with E-state index in [1.807, 2.05) is 0 Å². The minimum absolute atomic E-state index is 0.0954. The minimum Gasteiger partial charge on any atom is -0.497 e. The molecule has 1 aromatic carbocycles. The second kappa shape index (κ2) is 4.68. The van der Waals surface area contributed by atoms with Gasteiger partial charge in [0.2, 0.25) is 5.78 Å². The van der Waals surface area contributed by atoms with Crippen molar-refractivity contribution in [1.29, 1.82) is 0 Å². The number of ketones is 1. The van der Waals surface area contributed by atoms with E-state index in [2.05, 4.69) is 4.74 Å². The van der Waals surface area contributed by atoms with Gasteiger partial charge in [-0.25, -0.2) is 8.78 Å². The molecule has 0 aliphatic carbocycles. The van der Waals surface area contributed by atoms with E-state index in [9.17, 15) is 26.7 Å². The lowest BCUT2D eigenvalue weighted by Gasteiger charge is -2.12. The molecule has 1 aromatic rings. The van der Waals surface area contributed by atoms with Gasteiger partial charge in [0.1, 0.15) is 5.75 Å². The van der Waals surface area contributed by atoms with Gasteiger partial charge in [0, 0.05) is 5.56 Å². The monoisotopic (exact) mass is 254 g/mol. The first-order chi connectivity index (χ1) is 7.77. The Morgan fingerprint density at radius 2 is 1.88 bits per heavy atom. The van der Waals surface area contributed by atoms with Gasteiger partial charge in [-0.3, -0.25) is 4.79 Å². The maximum atomic E-state index is 12.5. The van der Waals surface area contributed by atoms with Crippen molar-refractivity contribution in [2.75, 3.05) is 7.11 Å². The van der Waals surface area contributed by atoms with Gasteiger partial charge in [-0.2, -0.15) is 13.2 Å². The summed E-state index contributed by atoms with van der Waals surface area (Å²) < 4.78 is 66.3. The van der Waals surface area contributed by atoms with Crippen molar-refractivity contribution in [2.24, 2.45) is 0 Å². The molecule has 2 nitrogen and oxygen atoms in total. The molecule has 1 rings (SSSR count). The lowest BCUT2D eigenvalue weighted by molar-refractivity contribution is -0.138. The number of ether oxygens (including phenoxy) is 1. The lowest BCUT2D eigenvalue weighted by atomic mass is 10.0. The highest BCUT2D eigenvalue weighted by Crippen LogP contribution is 2.34. The molecule has 0 bridgehead atoms. The summed E-state index contributed by atoms with van der Waals surface area (Å²) in [5, 5.41) is 0. The van der Waals surface area contributed by atoms with Crippen LogP contribution in [-0.2, 0) is 6.18 Å². The molecule has 0 spiro atoms. The summed E-state index contributed by atoms with van der Waals surface area (Å²) in [6.07, 6.45) is -8.37. The number of benzene rings is 1. The molecule has 0 N–H and O–H groups in total. The van der Waals surface area contributed by atoms with E-state index in [0.29, 0.717) is 12.1 Å². The van der Waals surface area contributed by atoms with Crippen LogP contribution >= 0.6 is 0 Å². The van der Waals surface area contributed by atoms with Gasteiger partial charge in [-0.1, -0.05) is 0 Å². The molecule has 0 unspecified atom stereocenters. The zero-order valence-corrected chi connectivity index (χ0v) is 8.52. The molecule has 0 heterocycles. The molecule has 0 atom stereocenters. The average molecular weight is 254 g/mol. The van der Waals surface area contributed by atoms with E-state index in [0.717, 1.165) is 13.2 Å². The number of carbonyl (C=O) groups is 1. The standard InChI is InChI=1S/C10H7F5O2/c1-17-5-2-3-7(10(13,14)15)6(4-5)8(16)9(11)12/h2-4,9H,1H3. The van der Waals surface area contributed by atoms with E-state index in [1.54, 1.807) is 0 Å². The third kappa shape index (κ3) is 2.92. The van der Waals surface area contributed by atoms with Crippen molar-refractivity contribution in [3.05, 3.63) is 29.3 Å². The first-order valence-corrected chi connectivity index (χ1v) is 4.35. The molecule has 94 valence electrons. The summed E-state index contributed by atoms with van der Waals surface area (Å²) >= 11 is 0. The van der Waals surface area contributed by atoms with Crippen LogP contribution in [0.25, 0.3) is 0 Å². The summed E-state index contributed by atoms with van der Waals surface area (Å²) in [7, 11) is 1.15. The quantitative estimate of drug-likeness (QED) is 0.611. The molecule has 0 fully saturated rings. The summed E-state index contributed by atoms with van der Waals surface area (Å²) in [4.78, 5) is 11.0. The largest absolute Gasteiger partial charge is 0.497 e. The Bertz CT molecular complexity index is 425. The number of hydrogen-bond acceptors (Lipinski definition) is 2. The van der Waals surface area contributed by atoms with E-state index < -0.39 is 29.5 Å². The Balaban J connectivity index is 3.36. The number of Topliss-reactive ketones (excluding diaryl/α,β-unsaturated/α-hetero) is 1. The molecule has 0 aliphatic rings. The fourth-order valence-electron chi connectivity index (χ4n) is 1.22. The van der Waals surface area contributed by atoms with E-state index in [-0.39, 0.29) is 5.75 Å². The first kappa shape index (κ1) is 13.4. The van der Waals surface area contributed by atoms with Gasteiger partial charge in [0.25, 0.3) is 0 Å². The molecular formula is C10H7F5O2. The van der Waals surface area contributed by atoms with Crippen LogP contribution in [0.3, 0.4) is 0 Å². The Hall–Kier alpha value is -1.66. The topological polar surface area (TPSA) is 26.3 Å². The van der Waals surface area contributed by atoms with Crippen molar-refractivity contribution in [3.8, 4) is 5.75 Å². The molecule has 0 aromatic heterocycles. The van der Waals surface area contributed by atoms with Crippen molar-refractivity contribution in [3.63, 3.8) is 0 Å². The van der Waals surface area contributed by atoms with Crippen molar-refractivity contribution in [2.45, 2.75) is 12.6 Å². The third-order valence-corrected chi connectivity index (χ3v) is 2.00. The number of hydrogen-bond donors (Lipinski definition) is 0. The number of carbonyl (C=O) groups excluding carboxylic acids is 1. The predicted octanol–water partition coefficient (Wildman–Crippen LogP) is 3.16. The van der Waals surface area contributed by atoms with Crippen LogP contribution in [-0.4, -0.2) is 19.3 Å². The molecule has 0 saturated carbocycles. The SMILES string of the molecule is COc1ccc(C(F)(F)F)c(C(=O)C(F)F)c1. The van der Waals surface area contributed by atoms with E-state index in [4.69, 9.17) is 0 Å². The van der Waals surface area contributed by atoms with Crippen LogP contribution in [0.15, 0.2) is 18.2 Å². The van der Waals surface area contributed by atoms with Crippen LogP contribution in [0.4, 0.5) is 22.0 Å². The van der Waals surface area contributed by atoms with Gasteiger partial charge in [0.15, 0.2) is 0 Å². The van der Waals surface area contributed by atoms with E-state index in [1.165, 1.54) is 0 Å². The maximum absolute atomic E-state index is 12.5. The zero-order chi connectivity index (χ0) is 13.2. The van der Waals surface area contributed by atoms with Crippen molar-refractivity contribution < 1.29 is 31.5 Å². The molecule has 17 heavy (non-hydrogen) atoms. The smallest absolute Gasteiger partial charge is 0.417 e. The van der Waals surface area contributed by atoms with E-state index >= 15 is 0 Å². The Kier molecular flexibility index (Phi) is 3.69. The van der Waals surface area contributed by atoms with Gasteiger partial charge in [0.05, 0.1) is 12.7 Å². The molecule has 7 heteroatoms. The van der Waals surface area contributed by atoms with Crippen LogP contribution in [0, 0.1) is 0 Å². The van der Waals surface area contributed by atoms with Crippen molar-refractivity contribution in [1.82, 2.24) is 0 Å². The fourth-order valence-corrected chi connectivity index (χ4v) is 1.22. The highest BCUT2D eigenvalue weighted by atomic mass is 19.4. The highest BCUT2D eigenvalue weighted by Gasteiger charge is 2.37. The Labute approximate surface area is 93.0 Å². The highest BCUT2D eigenvalue weighted by molar-refractivity contribution is 6.00. The molecule has 0 radical (unpaired) electrons. The maximum Gasteiger partial charge on any atom is 0.417 e. The second-order valence-electron chi connectivity index (χ2n) is 3.07. The predicted molar refractivity (Wildman–Crippen MR) is 48.3 cm³/mol. The second-order valence-corrected chi connectivity index (χ2v) is 3.07. The number of alkyl halides is 5. The molecule has 0 saturated heterocycles. The van der Waals surface area contributed by atoms with Gasteiger partial charge < -0.3 is 4.74 Å². The van der Waals surface area contributed by atoms with Crippen LogP contribution in [0.2, 0.25) is 0 Å². The van der Waals surface area contributed by atoms with Gasteiger partial charge in [-0.15, -0.1) is 0 Å². The zero-order valence-electron chi connectivity index (χ0n) is 8.52. The fraction of sp³-hybridized carbons (Fsp3) is 0.300. The minimum atomic E-state index is -4.87. The Morgan fingerprint density at radius 1 is 1.29 bits per heavy atom. The van der Waals surface area contributed by atoms with Gasteiger partial charge >= 0.3 is 12.6 Å². The summed E-state index contributed by atoms with van der Waals surface area (Å²) in [5.74, 6) is -1.97. The van der Waals surface area contributed by atoms with Crippen molar-refractivity contribution >= 4 is 5.78 Å². The summed E-state index contributed by atoms with van der Waals surface area (Å²) in [5.41, 5.74) is -2.49. The van der Waals surface area contributed by atoms with Crippen LogP contribution in [0.1, 0.15) is 15.9 Å². The lowest BCUT2D eigenvalue weighted by Crippen LogP contribution is -2.18. The number of methoxy groups -OCH3 is 1.